The van der Waals surface area contributed by atoms with Crippen molar-refractivity contribution in [2.45, 2.75) is 32.7 Å². The van der Waals surface area contributed by atoms with E-state index in [0.29, 0.717) is 11.7 Å². The fourth-order valence-electron chi connectivity index (χ4n) is 2.05. The summed E-state index contributed by atoms with van der Waals surface area (Å²) in [6.07, 6.45) is 1.84. The molecule has 0 radical (unpaired) electrons. The standard InChI is InChI=1S/C15H20N2OS/c1-10-4-5-14(18)13(8-10)12(3)17-9-11(2)15-16-6-7-19-15/h4-8,11-12,17-18H,9H2,1-3H3. The van der Waals surface area contributed by atoms with Gasteiger partial charge in [-0.15, -0.1) is 11.3 Å². The Kier molecular flexibility index (Phi) is 4.56. The summed E-state index contributed by atoms with van der Waals surface area (Å²) in [5, 5.41) is 16.5. The molecule has 1 heterocycles. The summed E-state index contributed by atoms with van der Waals surface area (Å²) in [5.74, 6) is 0.738. The second-order valence-electron chi connectivity index (χ2n) is 4.96. The van der Waals surface area contributed by atoms with Crippen LogP contribution in [-0.4, -0.2) is 16.6 Å². The van der Waals surface area contributed by atoms with Crippen LogP contribution in [0.5, 0.6) is 5.75 Å². The molecule has 3 nitrogen and oxygen atoms in total. The number of phenols is 1. The Bertz CT molecular complexity index is 525. The zero-order chi connectivity index (χ0) is 13.8. The molecule has 1 aromatic carbocycles. The van der Waals surface area contributed by atoms with Gasteiger partial charge in [0.15, 0.2) is 0 Å². The second kappa shape index (κ2) is 6.17. The Hall–Kier alpha value is -1.39. The van der Waals surface area contributed by atoms with Crippen LogP contribution in [-0.2, 0) is 0 Å². The lowest BCUT2D eigenvalue weighted by Gasteiger charge is -2.18. The van der Waals surface area contributed by atoms with Crippen molar-refractivity contribution in [1.82, 2.24) is 10.3 Å². The lowest BCUT2D eigenvalue weighted by molar-refractivity contribution is 0.449. The fraction of sp³-hybridized carbons (Fsp3) is 0.400. The first-order valence-corrected chi connectivity index (χ1v) is 7.38. The topological polar surface area (TPSA) is 45.1 Å². The zero-order valence-corrected chi connectivity index (χ0v) is 12.4. The Morgan fingerprint density at radius 3 is 2.84 bits per heavy atom. The molecule has 0 spiro atoms. The smallest absolute Gasteiger partial charge is 0.120 e. The Morgan fingerprint density at radius 2 is 2.16 bits per heavy atom. The van der Waals surface area contributed by atoms with Gasteiger partial charge in [0, 0.05) is 35.6 Å². The van der Waals surface area contributed by atoms with E-state index < -0.39 is 0 Å². The highest BCUT2D eigenvalue weighted by Crippen LogP contribution is 2.25. The summed E-state index contributed by atoms with van der Waals surface area (Å²) in [6, 6.07) is 5.83. The molecule has 2 aromatic rings. The van der Waals surface area contributed by atoms with Crippen molar-refractivity contribution >= 4 is 11.3 Å². The van der Waals surface area contributed by atoms with E-state index in [9.17, 15) is 5.11 Å². The third kappa shape index (κ3) is 3.55. The quantitative estimate of drug-likeness (QED) is 0.877. The SMILES string of the molecule is Cc1ccc(O)c(C(C)NCC(C)c2nccs2)c1. The minimum Gasteiger partial charge on any atom is -0.508 e. The Balaban J connectivity index is 1.97. The van der Waals surface area contributed by atoms with Crippen molar-refractivity contribution in [3.05, 3.63) is 45.9 Å². The monoisotopic (exact) mass is 276 g/mol. The van der Waals surface area contributed by atoms with E-state index in [1.165, 1.54) is 0 Å². The lowest BCUT2D eigenvalue weighted by atomic mass is 10.0. The van der Waals surface area contributed by atoms with Crippen LogP contribution < -0.4 is 5.32 Å². The van der Waals surface area contributed by atoms with Crippen LogP contribution in [0, 0.1) is 6.92 Å². The second-order valence-corrected chi connectivity index (χ2v) is 5.89. The zero-order valence-electron chi connectivity index (χ0n) is 11.6. The maximum Gasteiger partial charge on any atom is 0.120 e. The maximum atomic E-state index is 9.90. The fourth-order valence-corrected chi connectivity index (χ4v) is 2.75. The van der Waals surface area contributed by atoms with E-state index in [-0.39, 0.29) is 6.04 Å². The Labute approximate surface area is 118 Å². The number of rotatable bonds is 5. The summed E-state index contributed by atoms with van der Waals surface area (Å²) in [6.45, 7) is 7.12. The molecule has 0 saturated heterocycles. The van der Waals surface area contributed by atoms with Gasteiger partial charge in [0.1, 0.15) is 5.75 Å². The summed E-state index contributed by atoms with van der Waals surface area (Å²) >= 11 is 1.68. The molecule has 1 aromatic heterocycles. The highest BCUT2D eigenvalue weighted by Gasteiger charge is 2.13. The average Bonchev–Trinajstić information content (AvgIpc) is 2.92. The van der Waals surface area contributed by atoms with Gasteiger partial charge in [0.05, 0.1) is 5.01 Å². The lowest BCUT2D eigenvalue weighted by Crippen LogP contribution is -2.23. The first kappa shape index (κ1) is 14.0. The Morgan fingerprint density at radius 1 is 1.37 bits per heavy atom. The van der Waals surface area contributed by atoms with Crippen LogP contribution in [0.1, 0.15) is 41.9 Å². The van der Waals surface area contributed by atoms with Crippen molar-refractivity contribution in [2.75, 3.05) is 6.54 Å². The molecule has 2 N–H and O–H groups in total. The summed E-state index contributed by atoms with van der Waals surface area (Å²) in [7, 11) is 0. The number of nitrogens with zero attached hydrogens (tertiary/aromatic N) is 1. The number of hydrogen-bond donors (Lipinski definition) is 2. The third-order valence-corrected chi connectivity index (χ3v) is 4.26. The van der Waals surface area contributed by atoms with Gasteiger partial charge in [-0.05, 0) is 19.9 Å². The number of aromatic nitrogens is 1. The minimum atomic E-state index is 0.127. The minimum absolute atomic E-state index is 0.127. The number of hydrogen-bond acceptors (Lipinski definition) is 4. The van der Waals surface area contributed by atoms with Gasteiger partial charge in [-0.2, -0.15) is 0 Å². The molecule has 2 unspecified atom stereocenters. The van der Waals surface area contributed by atoms with E-state index in [2.05, 4.69) is 24.1 Å². The third-order valence-electron chi connectivity index (χ3n) is 3.25. The molecule has 0 aliphatic heterocycles. The van der Waals surface area contributed by atoms with Gasteiger partial charge in [-0.25, -0.2) is 4.98 Å². The van der Waals surface area contributed by atoms with Gasteiger partial charge in [0.2, 0.25) is 0 Å². The molecule has 0 fully saturated rings. The number of aryl methyl sites for hydroxylation is 1. The molecule has 4 heteroatoms. The molecule has 0 bridgehead atoms. The van der Waals surface area contributed by atoms with Gasteiger partial charge in [-0.1, -0.05) is 24.6 Å². The molecule has 19 heavy (non-hydrogen) atoms. The summed E-state index contributed by atoms with van der Waals surface area (Å²) < 4.78 is 0. The number of phenolic OH excluding ortho intramolecular Hbond substituents is 1. The largest absolute Gasteiger partial charge is 0.508 e. The van der Waals surface area contributed by atoms with Crippen LogP contribution >= 0.6 is 11.3 Å². The van der Waals surface area contributed by atoms with Crippen LogP contribution in [0.3, 0.4) is 0 Å². The van der Waals surface area contributed by atoms with Crippen LogP contribution in [0.25, 0.3) is 0 Å². The van der Waals surface area contributed by atoms with Gasteiger partial charge in [0.25, 0.3) is 0 Å². The van der Waals surface area contributed by atoms with Crippen LogP contribution in [0.4, 0.5) is 0 Å². The molecule has 0 saturated carbocycles. The first-order chi connectivity index (χ1) is 9.08. The summed E-state index contributed by atoms with van der Waals surface area (Å²) in [4.78, 5) is 4.33. The number of aromatic hydroxyl groups is 1. The van der Waals surface area contributed by atoms with Gasteiger partial charge in [-0.3, -0.25) is 0 Å². The van der Waals surface area contributed by atoms with Crippen LogP contribution in [0.15, 0.2) is 29.8 Å². The molecular formula is C15H20N2OS. The molecular weight excluding hydrogens is 256 g/mol. The van der Waals surface area contributed by atoms with Crippen LogP contribution in [0.2, 0.25) is 0 Å². The average molecular weight is 276 g/mol. The van der Waals surface area contributed by atoms with Crippen molar-refractivity contribution in [3.8, 4) is 5.75 Å². The van der Waals surface area contributed by atoms with E-state index >= 15 is 0 Å². The predicted octanol–water partition coefficient (Wildman–Crippen LogP) is 3.61. The normalized spacial score (nSPS) is 14.3. The summed E-state index contributed by atoms with van der Waals surface area (Å²) in [5.41, 5.74) is 2.11. The number of benzene rings is 1. The molecule has 0 amide bonds. The molecule has 2 atom stereocenters. The van der Waals surface area contributed by atoms with Gasteiger partial charge >= 0.3 is 0 Å². The highest BCUT2D eigenvalue weighted by atomic mass is 32.1. The molecule has 102 valence electrons. The predicted molar refractivity (Wildman–Crippen MR) is 79.8 cm³/mol. The van der Waals surface area contributed by atoms with Crippen molar-refractivity contribution in [2.24, 2.45) is 0 Å². The van der Waals surface area contributed by atoms with Crippen molar-refractivity contribution in [3.63, 3.8) is 0 Å². The molecule has 0 aliphatic rings. The van der Waals surface area contributed by atoms with E-state index in [4.69, 9.17) is 0 Å². The van der Waals surface area contributed by atoms with E-state index in [1.54, 1.807) is 17.4 Å². The molecule has 2 rings (SSSR count). The number of nitrogens with one attached hydrogen (secondary N) is 1. The van der Waals surface area contributed by atoms with Gasteiger partial charge < -0.3 is 10.4 Å². The molecule has 0 aliphatic carbocycles. The first-order valence-electron chi connectivity index (χ1n) is 6.50. The maximum absolute atomic E-state index is 9.90. The van der Waals surface area contributed by atoms with E-state index in [1.807, 2.05) is 30.6 Å². The number of thiazole rings is 1. The highest BCUT2D eigenvalue weighted by molar-refractivity contribution is 7.09. The van der Waals surface area contributed by atoms with Crippen molar-refractivity contribution < 1.29 is 5.11 Å². The van der Waals surface area contributed by atoms with E-state index in [0.717, 1.165) is 22.7 Å². The van der Waals surface area contributed by atoms with Crippen molar-refractivity contribution in [1.29, 1.82) is 0 Å².